The molecule has 0 saturated heterocycles. The number of amides is 1. The lowest BCUT2D eigenvalue weighted by Crippen LogP contribution is -2.11. The van der Waals surface area contributed by atoms with Gasteiger partial charge in [-0.05, 0) is 36.4 Å². The molecule has 4 aromatic rings. The van der Waals surface area contributed by atoms with Crippen LogP contribution in [0.15, 0.2) is 85.7 Å². The van der Waals surface area contributed by atoms with E-state index in [4.69, 9.17) is 0 Å². The third-order valence-electron chi connectivity index (χ3n) is 3.79. The van der Waals surface area contributed by atoms with Crippen LogP contribution < -0.4 is 5.32 Å². The van der Waals surface area contributed by atoms with E-state index in [9.17, 15) is 4.79 Å². The normalized spacial score (nSPS) is 10.6. The average Bonchev–Trinajstić information content (AvgIpc) is 3.35. The van der Waals surface area contributed by atoms with Gasteiger partial charge in [0.05, 0.1) is 23.8 Å². The number of rotatable bonds is 4. The van der Waals surface area contributed by atoms with Crippen molar-refractivity contribution in [3.63, 3.8) is 0 Å². The Morgan fingerprint density at radius 3 is 2.48 bits per heavy atom. The molecular formula is C19H15N5O. The van der Waals surface area contributed by atoms with Gasteiger partial charge in [0.15, 0.2) is 0 Å². The zero-order valence-electron chi connectivity index (χ0n) is 13.3. The SMILES string of the molecule is O=C(Nc1ccc(-n2ccnc2)cc1)c1cnn(-c2ccccc2)c1. The Kier molecular flexibility index (Phi) is 3.84. The summed E-state index contributed by atoms with van der Waals surface area (Å²) in [6.07, 6.45) is 8.59. The van der Waals surface area contributed by atoms with Gasteiger partial charge in [0.2, 0.25) is 0 Å². The van der Waals surface area contributed by atoms with E-state index in [1.54, 1.807) is 29.6 Å². The molecule has 0 aliphatic rings. The Morgan fingerprint density at radius 1 is 0.960 bits per heavy atom. The minimum Gasteiger partial charge on any atom is -0.322 e. The van der Waals surface area contributed by atoms with Crippen LogP contribution in [-0.4, -0.2) is 25.2 Å². The van der Waals surface area contributed by atoms with Crippen molar-refractivity contribution < 1.29 is 4.79 Å². The first-order valence-corrected chi connectivity index (χ1v) is 7.79. The number of benzene rings is 2. The molecule has 122 valence electrons. The zero-order valence-corrected chi connectivity index (χ0v) is 13.3. The van der Waals surface area contributed by atoms with Crippen LogP contribution >= 0.6 is 0 Å². The van der Waals surface area contributed by atoms with Crippen molar-refractivity contribution in [3.05, 3.63) is 91.3 Å². The quantitative estimate of drug-likeness (QED) is 0.625. The Morgan fingerprint density at radius 2 is 1.76 bits per heavy atom. The summed E-state index contributed by atoms with van der Waals surface area (Å²) in [7, 11) is 0. The lowest BCUT2D eigenvalue weighted by molar-refractivity contribution is 0.102. The van der Waals surface area contributed by atoms with E-state index in [0.717, 1.165) is 17.1 Å². The van der Waals surface area contributed by atoms with Crippen molar-refractivity contribution in [3.8, 4) is 11.4 Å². The third kappa shape index (κ3) is 3.18. The first kappa shape index (κ1) is 14.9. The number of nitrogens with one attached hydrogen (secondary N) is 1. The van der Waals surface area contributed by atoms with Crippen LogP contribution in [0.1, 0.15) is 10.4 Å². The molecule has 2 aromatic heterocycles. The molecule has 2 aromatic carbocycles. The molecule has 2 heterocycles. The fourth-order valence-corrected chi connectivity index (χ4v) is 2.49. The molecule has 25 heavy (non-hydrogen) atoms. The van der Waals surface area contributed by atoms with Crippen molar-refractivity contribution in [1.29, 1.82) is 0 Å². The fraction of sp³-hybridized carbons (Fsp3) is 0. The molecule has 0 fully saturated rings. The number of carbonyl (C=O) groups excluding carboxylic acids is 1. The zero-order chi connectivity index (χ0) is 17.1. The van der Waals surface area contributed by atoms with Gasteiger partial charge >= 0.3 is 0 Å². The van der Waals surface area contributed by atoms with Crippen molar-refractivity contribution >= 4 is 11.6 Å². The second-order valence-corrected chi connectivity index (χ2v) is 5.48. The number of aromatic nitrogens is 4. The summed E-state index contributed by atoms with van der Waals surface area (Å²) in [4.78, 5) is 16.4. The van der Waals surface area contributed by atoms with Gasteiger partial charge in [0.1, 0.15) is 0 Å². The molecule has 4 rings (SSSR count). The number of hydrogen-bond donors (Lipinski definition) is 1. The molecule has 0 radical (unpaired) electrons. The summed E-state index contributed by atoms with van der Waals surface area (Å²) in [5.41, 5.74) is 3.11. The number of carbonyl (C=O) groups is 1. The second kappa shape index (κ2) is 6.45. The Hall–Kier alpha value is -3.67. The van der Waals surface area contributed by atoms with Crippen LogP contribution in [0.25, 0.3) is 11.4 Å². The van der Waals surface area contributed by atoms with E-state index in [2.05, 4.69) is 15.4 Å². The Bertz CT molecular complexity index is 972. The van der Waals surface area contributed by atoms with Crippen molar-refractivity contribution in [2.24, 2.45) is 0 Å². The topological polar surface area (TPSA) is 64.7 Å². The van der Waals surface area contributed by atoms with Crippen LogP contribution in [-0.2, 0) is 0 Å². The summed E-state index contributed by atoms with van der Waals surface area (Å²) in [5.74, 6) is -0.197. The predicted octanol–water partition coefficient (Wildman–Crippen LogP) is 3.31. The molecule has 0 aliphatic carbocycles. The summed E-state index contributed by atoms with van der Waals surface area (Å²) in [5, 5.41) is 7.12. The van der Waals surface area contributed by atoms with Crippen LogP contribution in [0.3, 0.4) is 0 Å². The lowest BCUT2D eigenvalue weighted by Gasteiger charge is -2.06. The van der Waals surface area contributed by atoms with Gasteiger partial charge in [-0.1, -0.05) is 18.2 Å². The molecule has 0 unspecified atom stereocenters. The summed E-state index contributed by atoms with van der Waals surface area (Å²) in [6.45, 7) is 0. The largest absolute Gasteiger partial charge is 0.322 e. The number of para-hydroxylation sites is 1. The van der Waals surface area contributed by atoms with E-state index >= 15 is 0 Å². The van der Waals surface area contributed by atoms with Gasteiger partial charge in [-0.2, -0.15) is 5.10 Å². The van der Waals surface area contributed by atoms with Gasteiger partial charge < -0.3 is 9.88 Å². The number of nitrogens with zero attached hydrogens (tertiary/aromatic N) is 4. The van der Waals surface area contributed by atoms with Crippen LogP contribution in [0, 0.1) is 0 Å². The Labute approximate surface area is 144 Å². The average molecular weight is 329 g/mol. The van der Waals surface area contributed by atoms with Crippen molar-refractivity contribution in [2.45, 2.75) is 0 Å². The monoisotopic (exact) mass is 329 g/mol. The highest BCUT2D eigenvalue weighted by Crippen LogP contribution is 2.15. The third-order valence-corrected chi connectivity index (χ3v) is 3.79. The molecule has 1 N–H and O–H groups in total. The second-order valence-electron chi connectivity index (χ2n) is 5.48. The van der Waals surface area contributed by atoms with E-state index in [-0.39, 0.29) is 5.91 Å². The Balaban J connectivity index is 1.48. The first-order chi connectivity index (χ1) is 12.3. The molecule has 0 spiro atoms. The van der Waals surface area contributed by atoms with Gasteiger partial charge in [-0.15, -0.1) is 0 Å². The summed E-state index contributed by atoms with van der Waals surface area (Å²) in [6, 6.07) is 17.2. The van der Waals surface area contributed by atoms with Crippen LogP contribution in [0.4, 0.5) is 5.69 Å². The van der Waals surface area contributed by atoms with Crippen molar-refractivity contribution in [2.75, 3.05) is 5.32 Å². The smallest absolute Gasteiger partial charge is 0.258 e. The van der Waals surface area contributed by atoms with Crippen molar-refractivity contribution in [1.82, 2.24) is 19.3 Å². The van der Waals surface area contributed by atoms with E-state index < -0.39 is 0 Å². The van der Waals surface area contributed by atoms with Crippen LogP contribution in [0.2, 0.25) is 0 Å². The highest BCUT2D eigenvalue weighted by molar-refractivity contribution is 6.04. The van der Waals surface area contributed by atoms with Gasteiger partial charge in [0, 0.05) is 30.0 Å². The summed E-state index contributed by atoms with van der Waals surface area (Å²) >= 11 is 0. The maximum Gasteiger partial charge on any atom is 0.258 e. The standard InChI is InChI=1S/C19H15N5O/c25-19(15-12-21-24(13-15)18-4-2-1-3-5-18)22-16-6-8-17(9-7-16)23-11-10-20-14-23/h1-14H,(H,22,25). The molecule has 0 saturated carbocycles. The first-order valence-electron chi connectivity index (χ1n) is 7.79. The minimum absolute atomic E-state index is 0.197. The summed E-state index contributed by atoms with van der Waals surface area (Å²) < 4.78 is 3.58. The lowest BCUT2D eigenvalue weighted by atomic mass is 10.2. The number of anilines is 1. The molecule has 6 nitrogen and oxygen atoms in total. The molecule has 6 heteroatoms. The maximum absolute atomic E-state index is 12.4. The highest BCUT2D eigenvalue weighted by atomic mass is 16.1. The molecule has 0 bridgehead atoms. The van der Waals surface area contributed by atoms with E-state index in [1.807, 2.05) is 65.4 Å². The van der Waals surface area contributed by atoms with Gasteiger partial charge in [0.25, 0.3) is 5.91 Å². The maximum atomic E-state index is 12.4. The van der Waals surface area contributed by atoms with E-state index in [1.165, 1.54) is 0 Å². The number of hydrogen-bond acceptors (Lipinski definition) is 3. The molecule has 0 aliphatic heterocycles. The fourth-order valence-electron chi connectivity index (χ4n) is 2.49. The molecular weight excluding hydrogens is 314 g/mol. The van der Waals surface area contributed by atoms with Gasteiger partial charge in [-0.3, -0.25) is 4.79 Å². The minimum atomic E-state index is -0.197. The van der Waals surface area contributed by atoms with Crippen LogP contribution in [0.5, 0.6) is 0 Å². The molecule has 0 atom stereocenters. The van der Waals surface area contributed by atoms with Gasteiger partial charge in [-0.25, -0.2) is 9.67 Å². The van der Waals surface area contributed by atoms with E-state index in [0.29, 0.717) is 5.56 Å². The predicted molar refractivity (Wildman–Crippen MR) is 95.1 cm³/mol. The highest BCUT2D eigenvalue weighted by Gasteiger charge is 2.10. The number of imidazole rings is 1. The molecule has 1 amide bonds.